The van der Waals surface area contributed by atoms with Crippen LogP contribution in [0.15, 0.2) is 34.8 Å². The van der Waals surface area contributed by atoms with Crippen LogP contribution in [0, 0.1) is 20.2 Å². The first kappa shape index (κ1) is 19.1. The van der Waals surface area contributed by atoms with Crippen molar-refractivity contribution in [3.63, 3.8) is 0 Å². The van der Waals surface area contributed by atoms with Crippen molar-refractivity contribution in [1.82, 2.24) is 0 Å². The van der Waals surface area contributed by atoms with Crippen molar-refractivity contribution in [2.75, 3.05) is 19.5 Å². The van der Waals surface area contributed by atoms with E-state index in [2.05, 4.69) is 21.2 Å². The van der Waals surface area contributed by atoms with Gasteiger partial charge < -0.3 is 14.8 Å². The van der Waals surface area contributed by atoms with E-state index < -0.39 is 32.9 Å². The van der Waals surface area contributed by atoms with Crippen molar-refractivity contribution < 1.29 is 24.1 Å². The number of methoxy groups -OCH3 is 2. The lowest BCUT2D eigenvalue weighted by atomic mass is 10.1. The number of hydrogen-bond acceptors (Lipinski definition) is 7. The molecule has 10 nitrogen and oxygen atoms in total. The molecule has 0 fully saturated rings. The molecule has 0 atom stereocenters. The number of anilines is 1. The van der Waals surface area contributed by atoms with Crippen molar-refractivity contribution in [2.45, 2.75) is 0 Å². The molecule has 2 rings (SSSR count). The molecule has 2 aromatic carbocycles. The quantitative estimate of drug-likeness (QED) is 0.552. The van der Waals surface area contributed by atoms with Gasteiger partial charge in [0.1, 0.15) is 5.75 Å². The fourth-order valence-corrected chi connectivity index (χ4v) is 2.57. The number of carbonyl (C=O) groups is 1. The van der Waals surface area contributed by atoms with Gasteiger partial charge in [0.25, 0.3) is 11.7 Å². The summed E-state index contributed by atoms with van der Waals surface area (Å²) < 4.78 is 10.5. The summed E-state index contributed by atoms with van der Waals surface area (Å²) >= 11 is 3.23. The summed E-state index contributed by atoms with van der Waals surface area (Å²) in [4.78, 5) is 33.2. The van der Waals surface area contributed by atoms with E-state index in [0.717, 1.165) is 19.2 Å². The van der Waals surface area contributed by atoms with Crippen LogP contribution in [0.4, 0.5) is 17.1 Å². The van der Waals surface area contributed by atoms with Crippen molar-refractivity contribution in [3.8, 4) is 11.5 Å². The van der Waals surface area contributed by atoms with E-state index in [-0.39, 0.29) is 17.0 Å². The van der Waals surface area contributed by atoms with Gasteiger partial charge in [0.2, 0.25) is 0 Å². The molecule has 0 unspecified atom stereocenters. The minimum Gasteiger partial charge on any atom is -0.496 e. The maximum atomic E-state index is 12.5. The minimum atomic E-state index is -0.832. The average molecular weight is 426 g/mol. The maximum absolute atomic E-state index is 12.5. The molecular weight excluding hydrogens is 414 g/mol. The first-order valence-electron chi connectivity index (χ1n) is 6.94. The highest BCUT2D eigenvalue weighted by atomic mass is 79.9. The van der Waals surface area contributed by atoms with E-state index >= 15 is 0 Å². The number of benzene rings is 2. The summed E-state index contributed by atoms with van der Waals surface area (Å²) in [5, 5.41) is 24.7. The Kier molecular flexibility index (Phi) is 5.72. The molecule has 11 heteroatoms. The topological polar surface area (TPSA) is 134 Å². The predicted octanol–water partition coefficient (Wildman–Crippen LogP) is 3.54. The van der Waals surface area contributed by atoms with E-state index in [4.69, 9.17) is 9.47 Å². The van der Waals surface area contributed by atoms with E-state index in [0.29, 0.717) is 4.47 Å². The van der Waals surface area contributed by atoms with Gasteiger partial charge >= 0.3 is 11.4 Å². The van der Waals surface area contributed by atoms with Gasteiger partial charge in [-0.25, -0.2) is 0 Å². The lowest BCUT2D eigenvalue weighted by molar-refractivity contribution is -0.395. The highest BCUT2D eigenvalue weighted by Crippen LogP contribution is 2.39. The smallest absolute Gasteiger partial charge is 0.320 e. The second-order valence-electron chi connectivity index (χ2n) is 4.86. The van der Waals surface area contributed by atoms with Crippen LogP contribution in [0.1, 0.15) is 10.4 Å². The number of amides is 1. The standard InChI is InChI=1S/C15H12BrN3O7/c1-25-13-4-3-8(16)5-10(13)15(20)17-9-6-11(18(21)22)14(26-2)12(7-9)19(23)24/h3-7H,1-2H3,(H,17,20). The second kappa shape index (κ2) is 7.78. The predicted molar refractivity (Wildman–Crippen MR) is 95.0 cm³/mol. The fourth-order valence-electron chi connectivity index (χ4n) is 2.21. The molecule has 0 aliphatic carbocycles. The largest absolute Gasteiger partial charge is 0.496 e. The Hall–Kier alpha value is -3.21. The van der Waals surface area contributed by atoms with Crippen molar-refractivity contribution in [2.24, 2.45) is 0 Å². The van der Waals surface area contributed by atoms with Gasteiger partial charge in [0.05, 0.1) is 35.3 Å². The van der Waals surface area contributed by atoms with Crippen molar-refractivity contribution in [3.05, 3.63) is 60.6 Å². The van der Waals surface area contributed by atoms with Gasteiger partial charge in [-0.05, 0) is 18.2 Å². The van der Waals surface area contributed by atoms with Gasteiger partial charge in [-0.2, -0.15) is 0 Å². The van der Waals surface area contributed by atoms with Crippen LogP contribution in [0.2, 0.25) is 0 Å². The number of hydrogen-bond donors (Lipinski definition) is 1. The number of nitro benzene ring substituents is 2. The lowest BCUT2D eigenvalue weighted by Crippen LogP contribution is -2.14. The van der Waals surface area contributed by atoms with Gasteiger partial charge in [-0.15, -0.1) is 0 Å². The third kappa shape index (κ3) is 3.88. The molecule has 0 heterocycles. The maximum Gasteiger partial charge on any atom is 0.320 e. The number of ether oxygens (including phenoxy) is 2. The number of rotatable bonds is 6. The Balaban J connectivity index is 2.50. The van der Waals surface area contributed by atoms with Gasteiger partial charge in [-0.3, -0.25) is 25.0 Å². The van der Waals surface area contributed by atoms with Gasteiger partial charge in [-0.1, -0.05) is 15.9 Å². The molecule has 26 heavy (non-hydrogen) atoms. The molecule has 0 saturated carbocycles. The lowest BCUT2D eigenvalue weighted by Gasteiger charge is -2.11. The summed E-state index contributed by atoms with van der Waals surface area (Å²) in [7, 11) is 2.46. The molecule has 0 radical (unpaired) electrons. The first-order valence-corrected chi connectivity index (χ1v) is 7.73. The van der Waals surface area contributed by atoms with Crippen LogP contribution in [0.3, 0.4) is 0 Å². The fraction of sp³-hybridized carbons (Fsp3) is 0.133. The average Bonchev–Trinajstić information content (AvgIpc) is 2.60. The van der Waals surface area contributed by atoms with Crippen LogP contribution in [-0.4, -0.2) is 30.0 Å². The molecular formula is C15H12BrN3O7. The van der Waals surface area contributed by atoms with E-state index in [1.807, 2.05) is 0 Å². The highest BCUT2D eigenvalue weighted by Gasteiger charge is 2.28. The minimum absolute atomic E-state index is 0.128. The Labute approximate surface area is 155 Å². The van der Waals surface area contributed by atoms with Gasteiger partial charge in [0, 0.05) is 16.6 Å². The van der Waals surface area contributed by atoms with Crippen LogP contribution >= 0.6 is 15.9 Å². The molecule has 0 bridgehead atoms. The molecule has 1 amide bonds. The zero-order chi connectivity index (χ0) is 19.4. The Morgan fingerprint density at radius 2 is 1.62 bits per heavy atom. The van der Waals surface area contributed by atoms with Crippen molar-refractivity contribution in [1.29, 1.82) is 0 Å². The number of carbonyl (C=O) groups excluding carboxylic acids is 1. The number of nitro groups is 2. The molecule has 136 valence electrons. The number of nitrogens with zero attached hydrogens (tertiary/aromatic N) is 2. The molecule has 0 spiro atoms. The molecule has 0 aliphatic heterocycles. The monoisotopic (exact) mass is 425 g/mol. The SMILES string of the molecule is COc1ccc(Br)cc1C(=O)Nc1cc([N+](=O)[O-])c(OC)c([N+](=O)[O-])c1. The Morgan fingerprint density at radius 3 is 2.08 bits per heavy atom. The molecule has 0 aliphatic rings. The summed E-state index contributed by atoms with van der Waals surface area (Å²) in [6.45, 7) is 0. The third-order valence-corrected chi connectivity index (χ3v) is 3.80. The third-order valence-electron chi connectivity index (χ3n) is 3.31. The molecule has 0 aromatic heterocycles. The number of nitrogens with one attached hydrogen (secondary N) is 1. The molecule has 0 saturated heterocycles. The number of halogens is 1. The summed E-state index contributed by atoms with van der Waals surface area (Å²) in [5.41, 5.74) is -1.27. The first-order chi connectivity index (χ1) is 12.3. The molecule has 1 N–H and O–H groups in total. The van der Waals surface area contributed by atoms with Gasteiger partial charge in [0.15, 0.2) is 0 Å². The van der Waals surface area contributed by atoms with Crippen LogP contribution in [0.25, 0.3) is 0 Å². The highest BCUT2D eigenvalue weighted by molar-refractivity contribution is 9.10. The normalized spacial score (nSPS) is 10.1. The van der Waals surface area contributed by atoms with Crippen LogP contribution in [-0.2, 0) is 0 Å². The molecule has 2 aromatic rings. The van der Waals surface area contributed by atoms with E-state index in [1.165, 1.54) is 13.2 Å². The van der Waals surface area contributed by atoms with E-state index in [9.17, 15) is 25.0 Å². The van der Waals surface area contributed by atoms with Crippen LogP contribution in [0.5, 0.6) is 11.5 Å². The summed E-state index contributed by atoms with van der Waals surface area (Å²) in [5.74, 6) is -0.891. The zero-order valence-corrected chi connectivity index (χ0v) is 15.1. The van der Waals surface area contributed by atoms with Crippen LogP contribution < -0.4 is 14.8 Å². The zero-order valence-electron chi connectivity index (χ0n) is 13.5. The summed E-state index contributed by atoms with van der Waals surface area (Å²) in [6.07, 6.45) is 0. The van der Waals surface area contributed by atoms with Crippen molar-refractivity contribution >= 4 is 38.9 Å². The van der Waals surface area contributed by atoms with E-state index in [1.54, 1.807) is 12.1 Å². The summed E-state index contributed by atoms with van der Waals surface area (Å²) in [6, 6.07) is 6.67. The second-order valence-corrected chi connectivity index (χ2v) is 5.78. The Bertz CT molecular complexity index is 866. The Morgan fingerprint density at radius 1 is 1.04 bits per heavy atom.